The number of rotatable bonds is 7. The second-order valence-corrected chi connectivity index (χ2v) is 6.34. The molecule has 0 amide bonds. The lowest BCUT2D eigenvalue weighted by atomic mass is 10.1. The van der Waals surface area contributed by atoms with E-state index in [1.54, 1.807) is 6.20 Å². The maximum Gasteiger partial charge on any atom is 0.188 e. The smallest absolute Gasteiger partial charge is 0.188 e. The molecule has 2 aromatic rings. The molecular weight excluding hydrogens is 330 g/mol. The summed E-state index contributed by atoms with van der Waals surface area (Å²) in [6, 6.07) is 9.98. The lowest BCUT2D eigenvalue weighted by molar-refractivity contribution is 0.0135. The highest BCUT2D eigenvalue weighted by atomic mass is 16.5. The lowest BCUT2D eigenvalue weighted by Gasteiger charge is -2.32. The van der Waals surface area contributed by atoms with Gasteiger partial charge in [0.2, 0.25) is 0 Å². The summed E-state index contributed by atoms with van der Waals surface area (Å²) in [7, 11) is 0. The summed E-state index contributed by atoms with van der Waals surface area (Å²) >= 11 is 0. The highest BCUT2D eigenvalue weighted by molar-refractivity contribution is 5.77. The zero-order valence-electron chi connectivity index (χ0n) is 15.2. The Balaban J connectivity index is 1.56. The fourth-order valence-electron chi connectivity index (χ4n) is 3.01. The molecule has 1 fully saturated rings. The van der Waals surface area contributed by atoms with Gasteiger partial charge in [0.15, 0.2) is 5.96 Å². The van der Waals surface area contributed by atoms with Crippen molar-refractivity contribution in [2.75, 3.05) is 39.4 Å². The standard InChI is InChI=1S/C19H27N5O2/c1-15-5-6-18(26-15)17(24-10-12-25-13-11-24)14-23-19(20)22-9-7-16-4-2-3-8-21-16/h2-6,8,17H,7,9-14H2,1H3,(H3,20,22,23). The topological polar surface area (TPSA) is 88.9 Å². The van der Waals surface area contributed by atoms with Crippen molar-refractivity contribution in [1.82, 2.24) is 15.2 Å². The number of nitrogens with one attached hydrogen (secondary N) is 1. The maximum atomic E-state index is 6.04. The third-order valence-corrected chi connectivity index (χ3v) is 4.42. The van der Waals surface area contributed by atoms with Crippen LogP contribution in [-0.2, 0) is 11.2 Å². The summed E-state index contributed by atoms with van der Waals surface area (Å²) in [6.45, 7) is 6.41. The van der Waals surface area contributed by atoms with Crippen LogP contribution >= 0.6 is 0 Å². The molecule has 1 aliphatic rings. The third-order valence-electron chi connectivity index (χ3n) is 4.42. The molecule has 0 aliphatic carbocycles. The van der Waals surface area contributed by atoms with Crippen molar-refractivity contribution in [1.29, 1.82) is 0 Å². The molecule has 0 radical (unpaired) electrons. The maximum absolute atomic E-state index is 6.04. The number of aryl methyl sites for hydroxylation is 1. The summed E-state index contributed by atoms with van der Waals surface area (Å²) in [4.78, 5) is 11.2. The van der Waals surface area contributed by atoms with Gasteiger partial charge in [0, 0.05) is 37.9 Å². The minimum absolute atomic E-state index is 0.0729. The first kappa shape index (κ1) is 18.4. The van der Waals surface area contributed by atoms with Crippen LogP contribution in [0.3, 0.4) is 0 Å². The van der Waals surface area contributed by atoms with Gasteiger partial charge in [0.25, 0.3) is 0 Å². The molecule has 0 aromatic carbocycles. The Morgan fingerprint density at radius 2 is 2.15 bits per heavy atom. The van der Waals surface area contributed by atoms with Crippen LogP contribution in [-0.4, -0.2) is 55.2 Å². The van der Waals surface area contributed by atoms with Crippen LogP contribution < -0.4 is 11.1 Å². The predicted octanol–water partition coefficient (Wildman–Crippen LogP) is 1.50. The van der Waals surface area contributed by atoms with Gasteiger partial charge in [-0.1, -0.05) is 6.07 Å². The molecule has 0 spiro atoms. The molecule has 2 aromatic heterocycles. The molecule has 1 atom stereocenters. The van der Waals surface area contributed by atoms with E-state index in [1.807, 2.05) is 37.3 Å². The Labute approximate surface area is 154 Å². The average molecular weight is 357 g/mol. The van der Waals surface area contributed by atoms with E-state index in [0.717, 1.165) is 49.9 Å². The van der Waals surface area contributed by atoms with Gasteiger partial charge in [0.1, 0.15) is 11.5 Å². The Morgan fingerprint density at radius 1 is 1.31 bits per heavy atom. The van der Waals surface area contributed by atoms with E-state index in [1.165, 1.54) is 0 Å². The van der Waals surface area contributed by atoms with Crippen molar-refractivity contribution < 1.29 is 9.15 Å². The Kier molecular flexibility index (Phi) is 6.62. The monoisotopic (exact) mass is 357 g/mol. The molecule has 7 nitrogen and oxygen atoms in total. The van der Waals surface area contributed by atoms with Crippen LogP contribution in [0.2, 0.25) is 0 Å². The molecule has 7 heteroatoms. The number of aliphatic imine (C=N–C) groups is 1. The normalized spacial score (nSPS) is 17.2. The van der Waals surface area contributed by atoms with E-state index in [4.69, 9.17) is 14.9 Å². The highest BCUT2D eigenvalue weighted by Gasteiger charge is 2.25. The second kappa shape index (κ2) is 9.35. The van der Waals surface area contributed by atoms with Gasteiger partial charge in [-0.25, -0.2) is 0 Å². The Morgan fingerprint density at radius 3 is 2.85 bits per heavy atom. The Hall–Kier alpha value is -2.38. The summed E-state index contributed by atoms with van der Waals surface area (Å²) in [5.41, 5.74) is 7.08. The van der Waals surface area contributed by atoms with Crippen molar-refractivity contribution >= 4 is 5.96 Å². The molecule has 0 saturated carbocycles. The van der Waals surface area contributed by atoms with Crippen LogP contribution in [0.1, 0.15) is 23.3 Å². The lowest BCUT2D eigenvalue weighted by Crippen LogP contribution is -2.41. The van der Waals surface area contributed by atoms with Crippen LogP contribution in [0.4, 0.5) is 0 Å². The number of nitrogens with two attached hydrogens (primary N) is 1. The van der Waals surface area contributed by atoms with Crippen molar-refractivity contribution in [2.45, 2.75) is 19.4 Å². The van der Waals surface area contributed by atoms with Gasteiger partial charge < -0.3 is 20.2 Å². The van der Waals surface area contributed by atoms with Gasteiger partial charge in [-0.05, 0) is 31.2 Å². The molecule has 140 valence electrons. The number of aromatic nitrogens is 1. The highest BCUT2D eigenvalue weighted by Crippen LogP contribution is 2.24. The zero-order valence-corrected chi connectivity index (χ0v) is 15.2. The summed E-state index contributed by atoms with van der Waals surface area (Å²) in [5.74, 6) is 2.28. The summed E-state index contributed by atoms with van der Waals surface area (Å²) in [6.07, 6.45) is 2.60. The quantitative estimate of drug-likeness (QED) is 0.577. The number of guanidine groups is 1. The van der Waals surface area contributed by atoms with E-state index < -0.39 is 0 Å². The van der Waals surface area contributed by atoms with Crippen LogP contribution in [0.15, 0.2) is 45.9 Å². The molecule has 1 aliphatic heterocycles. The molecule has 3 rings (SSSR count). The largest absolute Gasteiger partial charge is 0.465 e. The number of hydrogen-bond acceptors (Lipinski definition) is 5. The first-order chi connectivity index (χ1) is 12.7. The molecular formula is C19H27N5O2. The van der Waals surface area contributed by atoms with Gasteiger partial charge in [-0.15, -0.1) is 0 Å². The second-order valence-electron chi connectivity index (χ2n) is 6.34. The number of nitrogens with zero attached hydrogens (tertiary/aromatic N) is 3. The summed E-state index contributed by atoms with van der Waals surface area (Å²) in [5, 5.41) is 3.16. The van der Waals surface area contributed by atoms with Gasteiger partial charge >= 0.3 is 0 Å². The van der Waals surface area contributed by atoms with Crippen molar-refractivity contribution in [2.24, 2.45) is 10.7 Å². The van der Waals surface area contributed by atoms with E-state index in [-0.39, 0.29) is 6.04 Å². The van der Waals surface area contributed by atoms with Crippen LogP contribution in [0.5, 0.6) is 0 Å². The SMILES string of the molecule is Cc1ccc(C(CN=C(N)NCCc2ccccn2)N2CCOCC2)o1. The zero-order chi connectivity index (χ0) is 18.2. The van der Waals surface area contributed by atoms with Gasteiger partial charge in [0.05, 0.1) is 25.8 Å². The number of ether oxygens (including phenoxy) is 1. The van der Waals surface area contributed by atoms with E-state index in [9.17, 15) is 0 Å². The fraction of sp³-hybridized carbons (Fsp3) is 0.474. The van der Waals surface area contributed by atoms with Crippen LogP contribution in [0.25, 0.3) is 0 Å². The first-order valence-corrected chi connectivity index (χ1v) is 9.04. The minimum atomic E-state index is 0.0729. The molecule has 3 N–H and O–H groups in total. The number of pyridine rings is 1. The number of hydrogen-bond donors (Lipinski definition) is 2. The molecule has 1 saturated heterocycles. The average Bonchev–Trinajstić information content (AvgIpc) is 3.10. The molecule has 0 bridgehead atoms. The fourth-order valence-corrected chi connectivity index (χ4v) is 3.01. The van der Waals surface area contributed by atoms with Gasteiger partial charge in [-0.2, -0.15) is 0 Å². The van der Waals surface area contributed by atoms with Gasteiger partial charge in [-0.3, -0.25) is 14.9 Å². The Bertz CT molecular complexity index is 695. The number of morpholine rings is 1. The third kappa shape index (κ3) is 5.31. The van der Waals surface area contributed by atoms with Crippen molar-refractivity contribution in [3.05, 3.63) is 53.7 Å². The molecule has 26 heavy (non-hydrogen) atoms. The molecule has 3 heterocycles. The predicted molar refractivity (Wildman–Crippen MR) is 101 cm³/mol. The minimum Gasteiger partial charge on any atom is -0.465 e. The number of furan rings is 1. The van der Waals surface area contributed by atoms with E-state index >= 15 is 0 Å². The van der Waals surface area contributed by atoms with Crippen molar-refractivity contribution in [3.8, 4) is 0 Å². The summed E-state index contributed by atoms with van der Waals surface area (Å²) < 4.78 is 11.3. The first-order valence-electron chi connectivity index (χ1n) is 9.04. The van der Waals surface area contributed by atoms with Crippen molar-refractivity contribution in [3.63, 3.8) is 0 Å². The van der Waals surface area contributed by atoms with Crippen LogP contribution in [0, 0.1) is 6.92 Å². The van der Waals surface area contributed by atoms with E-state index in [2.05, 4.69) is 20.2 Å². The van der Waals surface area contributed by atoms with E-state index in [0.29, 0.717) is 19.0 Å². The molecule has 1 unspecified atom stereocenters.